The average Bonchev–Trinajstić information content (AvgIpc) is 3.03. The summed E-state index contributed by atoms with van der Waals surface area (Å²) in [6, 6.07) is 10.5. The average molecular weight is 395 g/mol. The Balaban J connectivity index is 1.81. The summed E-state index contributed by atoms with van der Waals surface area (Å²) in [5.41, 5.74) is 2.84. The van der Waals surface area contributed by atoms with E-state index in [1.165, 1.54) is 6.07 Å². The van der Waals surface area contributed by atoms with Crippen LogP contribution in [0.15, 0.2) is 53.4 Å². The van der Waals surface area contributed by atoms with Gasteiger partial charge in [0.1, 0.15) is 0 Å². The summed E-state index contributed by atoms with van der Waals surface area (Å²) in [7, 11) is -3.73. The maximum Gasteiger partial charge on any atom is 0.238 e. The van der Waals surface area contributed by atoms with Crippen molar-refractivity contribution in [1.29, 1.82) is 0 Å². The van der Waals surface area contributed by atoms with Crippen LogP contribution in [0.3, 0.4) is 0 Å². The van der Waals surface area contributed by atoms with Gasteiger partial charge in [-0.1, -0.05) is 41.4 Å². The molecule has 4 rings (SSSR count). The molecule has 1 aliphatic carbocycles. The SMILES string of the molecule is NS(=O)(=O)c1ccc2c(c1)C1C=CCC1C(c1ccc(Cl)cc1Cl)N2. The third-order valence-electron chi connectivity index (χ3n) is 4.96. The van der Waals surface area contributed by atoms with Gasteiger partial charge in [-0.3, -0.25) is 0 Å². The molecule has 0 saturated carbocycles. The number of rotatable bonds is 2. The van der Waals surface area contributed by atoms with Gasteiger partial charge in [0.25, 0.3) is 0 Å². The first-order valence-electron chi connectivity index (χ1n) is 7.89. The van der Waals surface area contributed by atoms with Gasteiger partial charge in [0.15, 0.2) is 0 Å². The largest absolute Gasteiger partial charge is 0.378 e. The van der Waals surface area contributed by atoms with Gasteiger partial charge in [0.05, 0.1) is 10.9 Å². The van der Waals surface area contributed by atoms with E-state index in [1.807, 2.05) is 12.1 Å². The minimum Gasteiger partial charge on any atom is -0.378 e. The molecule has 0 radical (unpaired) electrons. The fourth-order valence-corrected chi connectivity index (χ4v) is 4.89. The van der Waals surface area contributed by atoms with Crippen molar-refractivity contribution in [3.8, 4) is 0 Å². The van der Waals surface area contributed by atoms with E-state index >= 15 is 0 Å². The Hall–Kier alpha value is -1.53. The van der Waals surface area contributed by atoms with Crippen molar-refractivity contribution in [2.75, 3.05) is 5.32 Å². The van der Waals surface area contributed by atoms with Gasteiger partial charge in [-0.05, 0) is 53.8 Å². The van der Waals surface area contributed by atoms with Gasteiger partial charge < -0.3 is 5.32 Å². The molecular weight excluding hydrogens is 379 g/mol. The molecule has 3 atom stereocenters. The monoisotopic (exact) mass is 394 g/mol. The van der Waals surface area contributed by atoms with E-state index < -0.39 is 10.0 Å². The second-order valence-corrected chi connectivity index (χ2v) is 8.84. The number of hydrogen-bond acceptors (Lipinski definition) is 3. The maximum atomic E-state index is 11.7. The number of anilines is 1. The van der Waals surface area contributed by atoms with E-state index in [2.05, 4.69) is 17.5 Å². The van der Waals surface area contributed by atoms with E-state index in [-0.39, 0.29) is 22.8 Å². The molecule has 7 heteroatoms. The Morgan fingerprint density at radius 2 is 1.88 bits per heavy atom. The van der Waals surface area contributed by atoms with E-state index in [1.54, 1.807) is 18.2 Å². The smallest absolute Gasteiger partial charge is 0.238 e. The molecule has 0 aromatic heterocycles. The van der Waals surface area contributed by atoms with Gasteiger partial charge in [-0.2, -0.15) is 0 Å². The molecule has 2 aliphatic rings. The summed E-state index contributed by atoms with van der Waals surface area (Å²) < 4.78 is 23.4. The highest BCUT2D eigenvalue weighted by molar-refractivity contribution is 7.89. The van der Waals surface area contributed by atoms with Crippen LogP contribution >= 0.6 is 23.2 Å². The first kappa shape index (κ1) is 16.9. The Labute approximate surface area is 156 Å². The van der Waals surface area contributed by atoms with Crippen molar-refractivity contribution in [2.24, 2.45) is 11.1 Å². The molecule has 130 valence electrons. The standard InChI is InChI=1S/C18H16Cl2N2O2S/c19-10-4-6-14(16(20)8-10)18-13-3-1-2-12(13)15-9-11(25(21,23)24)5-7-17(15)22-18/h1-2,4-9,12-13,18,22H,3H2,(H2,21,23,24). The van der Waals surface area contributed by atoms with Gasteiger partial charge in [-0.25, -0.2) is 13.6 Å². The van der Waals surface area contributed by atoms with Crippen LogP contribution < -0.4 is 10.5 Å². The molecule has 0 fully saturated rings. The summed E-state index contributed by atoms with van der Waals surface area (Å²) in [5, 5.41) is 10.0. The summed E-state index contributed by atoms with van der Waals surface area (Å²) in [5.74, 6) is 0.372. The lowest BCUT2D eigenvalue weighted by Gasteiger charge is -2.38. The normalized spacial score (nSPS) is 24.5. The molecule has 3 unspecified atom stereocenters. The van der Waals surface area contributed by atoms with Crippen molar-refractivity contribution in [3.63, 3.8) is 0 Å². The van der Waals surface area contributed by atoms with E-state index in [0.717, 1.165) is 23.2 Å². The number of sulfonamides is 1. The lowest BCUT2D eigenvalue weighted by atomic mass is 9.77. The van der Waals surface area contributed by atoms with Crippen LogP contribution in [0.5, 0.6) is 0 Å². The molecule has 4 nitrogen and oxygen atoms in total. The quantitative estimate of drug-likeness (QED) is 0.738. The van der Waals surface area contributed by atoms with E-state index in [9.17, 15) is 8.42 Å². The molecule has 0 amide bonds. The number of primary sulfonamides is 1. The van der Waals surface area contributed by atoms with Gasteiger partial charge in [0.2, 0.25) is 10.0 Å². The summed E-state index contributed by atoms with van der Waals surface area (Å²) in [6.07, 6.45) is 5.15. The fourth-order valence-electron chi connectivity index (χ4n) is 3.81. The van der Waals surface area contributed by atoms with Crippen molar-refractivity contribution in [2.45, 2.75) is 23.3 Å². The number of nitrogens with two attached hydrogens (primary N) is 1. The summed E-state index contributed by atoms with van der Waals surface area (Å²) >= 11 is 12.4. The predicted molar refractivity (Wildman–Crippen MR) is 101 cm³/mol. The zero-order valence-corrected chi connectivity index (χ0v) is 15.4. The third-order valence-corrected chi connectivity index (χ3v) is 6.43. The summed E-state index contributed by atoms with van der Waals surface area (Å²) in [4.78, 5) is 0.134. The maximum absolute atomic E-state index is 11.7. The highest BCUT2D eigenvalue weighted by atomic mass is 35.5. The molecule has 0 bridgehead atoms. The topological polar surface area (TPSA) is 72.2 Å². The fraction of sp³-hybridized carbons (Fsp3) is 0.222. The van der Waals surface area contributed by atoms with Crippen LogP contribution in [0.4, 0.5) is 5.69 Å². The highest BCUT2D eigenvalue weighted by Crippen LogP contribution is 2.51. The first-order chi connectivity index (χ1) is 11.8. The number of halogens is 2. The number of fused-ring (bicyclic) bond motifs is 3. The van der Waals surface area contributed by atoms with Crippen LogP contribution in [0.2, 0.25) is 10.0 Å². The Bertz CT molecular complexity index is 989. The Morgan fingerprint density at radius 1 is 1.08 bits per heavy atom. The second kappa shape index (κ2) is 6.02. The third kappa shape index (κ3) is 2.95. The molecule has 1 heterocycles. The molecule has 2 aromatic carbocycles. The van der Waals surface area contributed by atoms with Crippen LogP contribution in [0.1, 0.15) is 29.5 Å². The second-order valence-electron chi connectivity index (χ2n) is 6.44. The van der Waals surface area contributed by atoms with Crippen LogP contribution in [-0.4, -0.2) is 8.42 Å². The number of allylic oxidation sites excluding steroid dienone is 2. The lowest BCUT2D eigenvalue weighted by molar-refractivity contribution is 0.425. The molecule has 3 N–H and O–H groups in total. The minimum atomic E-state index is -3.73. The highest BCUT2D eigenvalue weighted by Gasteiger charge is 2.39. The zero-order valence-electron chi connectivity index (χ0n) is 13.1. The number of nitrogens with one attached hydrogen (secondary N) is 1. The lowest BCUT2D eigenvalue weighted by Crippen LogP contribution is -2.29. The molecule has 0 saturated heterocycles. The van der Waals surface area contributed by atoms with Crippen molar-refractivity contribution in [1.82, 2.24) is 0 Å². The molecule has 0 spiro atoms. The number of hydrogen-bond donors (Lipinski definition) is 2. The van der Waals surface area contributed by atoms with E-state index in [0.29, 0.717) is 10.0 Å². The molecule has 2 aromatic rings. The van der Waals surface area contributed by atoms with Gasteiger partial charge in [0, 0.05) is 21.7 Å². The van der Waals surface area contributed by atoms with Crippen molar-refractivity contribution < 1.29 is 8.42 Å². The van der Waals surface area contributed by atoms with Crippen molar-refractivity contribution >= 4 is 38.9 Å². The van der Waals surface area contributed by atoms with Crippen molar-refractivity contribution in [3.05, 3.63) is 69.7 Å². The Kier molecular flexibility index (Phi) is 4.07. The first-order valence-corrected chi connectivity index (χ1v) is 10.2. The number of benzene rings is 2. The molecule has 1 aliphatic heterocycles. The van der Waals surface area contributed by atoms with E-state index in [4.69, 9.17) is 28.3 Å². The minimum absolute atomic E-state index is 0.0256. The van der Waals surface area contributed by atoms with Crippen LogP contribution in [-0.2, 0) is 10.0 Å². The zero-order chi connectivity index (χ0) is 17.8. The van der Waals surface area contributed by atoms with Gasteiger partial charge in [-0.15, -0.1) is 0 Å². The van der Waals surface area contributed by atoms with Gasteiger partial charge >= 0.3 is 0 Å². The molecule has 25 heavy (non-hydrogen) atoms. The Morgan fingerprint density at radius 3 is 2.60 bits per heavy atom. The summed E-state index contributed by atoms with van der Waals surface area (Å²) in [6.45, 7) is 0. The molecular formula is C18H16Cl2N2O2S. The van der Waals surface area contributed by atoms with Crippen LogP contribution in [0, 0.1) is 5.92 Å². The van der Waals surface area contributed by atoms with Crippen LogP contribution in [0.25, 0.3) is 0 Å². The predicted octanol–water partition coefficient (Wildman–Crippen LogP) is 4.47.